The first-order valence-corrected chi connectivity index (χ1v) is 7.88. The highest BCUT2D eigenvalue weighted by Gasteiger charge is 2.17. The average molecular weight is 298 g/mol. The summed E-state index contributed by atoms with van der Waals surface area (Å²) in [6.07, 6.45) is 0. The Balaban J connectivity index is 2.06. The SMILES string of the molecule is Cc1ccc(-c2c(-c3ccccc3)oc3ccc(C)cc23)cc1. The second-order valence-electron chi connectivity index (χ2n) is 6.04. The molecular weight excluding hydrogens is 280 g/mol. The summed E-state index contributed by atoms with van der Waals surface area (Å²) in [4.78, 5) is 0. The molecule has 0 aliphatic carbocycles. The lowest BCUT2D eigenvalue weighted by molar-refractivity contribution is 0.632. The zero-order chi connectivity index (χ0) is 15.8. The van der Waals surface area contributed by atoms with Gasteiger partial charge in [-0.2, -0.15) is 0 Å². The fourth-order valence-electron chi connectivity index (χ4n) is 3.01. The van der Waals surface area contributed by atoms with Gasteiger partial charge in [0.1, 0.15) is 11.3 Å². The van der Waals surface area contributed by atoms with Crippen LogP contribution in [-0.4, -0.2) is 0 Å². The number of furan rings is 1. The topological polar surface area (TPSA) is 13.1 Å². The molecule has 0 unspecified atom stereocenters. The van der Waals surface area contributed by atoms with E-state index in [1.165, 1.54) is 27.6 Å². The van der Waals surface area contributed by atoms with E-state index in [2.05, 4.69) is 68.4 Å². The first kappa shape index (κ1) is 13.8. The molecule has 1 heterocycles. The van der Waals surface area contributed by atoms with Crippen LogP contribution in [0.5, 0.6) is 0 Å². The van der Waals surface area contributed by atoms with Gasteiger partial charge in [0.15, 0.2) is 0 Å². The molecule has 1 nitrogen and oxygen atoms in total. The van der Waals surface area contributed by atoms with Crippen molar-refractivity contribution in [3.8, 4) is 22.5 Å². The number of hydrogen-bond donors (Lipinski definition) is 0. The van der Waals surface area contributed by atoms with E-state index < -0.39 is 0 Å². The molecule has 0 spiro atoms. The highest BCUT2D eigenvalue weighted by atomic mass is 16.3. The minimum absolute atomic E-state index is 0.935. The molecule has 0 aliphatic heterocycles. The molecule has 4 rings (SSSR count). The predicted molar refractivity (Wildman–Crippen MR) is 96.6 cm³/mol. The normalized spacial score (nSPS) is 11.0. The van der Waals surface area contributed by atoms with Crippen LogP contribution >= 0.6 is 0 Å². The van der Waals surface area contributed by atoms with Crippen LogP contribution in [-0.2, 0) is 0 Å². The van der Waals surface area contributed by atoms with E-state index in [0.29, 0.717) is 0 Å². The molecular formula is C22H18O. The zero-order valence-electron chi connectivity index (χ0n) is 13.3. The van der Waals surface area contributed by atoms with Crippen molar-refractivity contribution in [2.24, 2.45) is 0 Å². The number of benzene rings is 3. The Morgan fingerprint density at radius 2 is 1.35 bits per heavy atom. The molecule has 0 atom stereocenters. The lowest BCUT2D eigenvalue weighted by atomic mass is 9.97. The van der Waals surface area contributed by atoms with Crippen molar-refractivity contribution in [2.45, 2.75) is 13.8 Å². The highest BCUT2D eigenvalue weighted by Crippen LogP contribution is 2.41. The maximum Gasteiger partial charge on any atom is 0.143 e. The van der Waals surface area contributed by atoms with Crippen LogP contribution in [0.2, 0.25) is 0 Å². The molecule has 0 bridgehead atoms. The lowest BCUT2D eigenvalue weighted by Gasteiger charge is -2.05. The van der Waals surface area contributed by atoms with E-state index in [1.54, 1.807) is 0 Å². The fraction of sp³-hybridized carbons (Fsp3) is 0.0909. The quantitative estimate of drug-likeness (QED) is 0.418. The summed E-state index contributed by atoms with van der Waals surface area (Å²) in [5, 5.41) is 1.17. The van der Waals surface area contributed by atoms with Crippen molar-refractivity contribution in [3.63, 3.8) is 0 Å². The maximum atomic E-state index is 6.22. The monoisotopic (exact) mass is 298 g/mol. The summed E-state index contributed by atoms with van der Waals surface area (Å²) < 4.78 is 6.22. The summed E-state index contributed by atoms with van der Waals surface area (Å²) in [6, 6.07) is 25.3. The van der Waals surface area contributed by atoms with Crippen LogP contribution in [0.4, 0.5) is 0 Å². The van der Waals surface area contributed by atoms with E-state index in [0.717, 1.165) is 16.9 Å². The third kappa shape index (κ3) is 2.44. The highest BCUT2D eigenvalue weighted by molar-refractivity contribution is 6.02. The molecule has 1 aromatic heterocycles. The van der Waals surface area contributed by atoms with Crippen molar-refractivity contribution in [3.05, 3.63) is 83.9 Å². The second kappa shape index (κ2) is 5.44. The van der Waals surface area contributed by atoms with Crippen LogP contribution in [0.3, 0.4) is 0 Å². The molecule has 23 heavy (non-hydrogen) atoms. The molecule has 0 N–H and O–H groups in total. The van der Waals surface area contributed by atoms with Crippen LogP contribution in [0.25, 0.3) is 33.4 Å². The second-order valence-corrected chi connectivity index (χ2v) is 6.04. The number of rotatable bonds is 2. The molecule has 0 aliphatic rings. The molecule has 112 valence electrons. The zero-order valence-corrected chi connectivity index (χ0v) is 13.3. The molecule has 4 aromatic rings. The van der Waals surface area contributed by atoms with E-state index in [1.807, 2.05) is 18.2 Å². The van der Waals surface area contributed by atoms with Gasteiger partial charge in [0.25, 0.3) is 0 Å². The third-order valence-corrected chi connectivity index (χ3v) is 4.22. The smallest absolute Gasteiger partial charge is 0.143 e. The van der Waals surface area contributed by atoms with E-state index in [4.69, 9.17) is 4.42 Å². The van der Waals surface area contributed by atoms with Crippen molar-refractivity contribution in [1.29, 1.82) is 0 Å². The minimum atomic E-state index is 0.935. The van der Waals surface area contributed by atoms with E-state index >= 15 is 0 Å². The summed E-state index contributed by atoms with van der Waals surface area (Å²) in [7, 11) is 0. The maximum absolute atomic E-state index is 6.22. The minimum Gasteiger partial charge on any atom is -0.455 e. The first-order valence-electron chi connectivity index (χ1n) is 7.88. The third-order valence-electron chi connectivity index (χ3n) is 4.22. The van der Waals surface area contributed by atoms with Crippen LogP contribution in [0, 0.1) is 13.8 Å². The summed E-state index contributed by atoms with van der Waals surface area (Å²) in [6.45, 7) is 4.23. The van der Waals surface area contributed by atoms with E-state index in [-0.39, 0.29) is 0 Å². The van der Waals surface area contributed by atoms with Crippen molar-refractivity contribution >= 4 is 11.0 Å². The van der Waals surface area contributed by atoms with Crippen molar-refractivity contribution < 1.29 is 4.42 Å². The first-order chi connectivity index (χ1) is 11.2. The van der Waals surface area contributed by atoms with Gasteiger partial charge in [0.2, 0.25) is 0 Å². The number of hydrogen-bond acceptors (Lipinski definition) is 1. The molecule has 0 radical (unpaired) electrons. The van der Waals surface area contributed by atoms with E-state index in [9.17, 15) is 0 Å². The molecule has 1 heteroatoms. The van der Waals surface area contributed by atoms with Gasteiger partial charge in [-0.1, -0.05) is 71.8 Å². The Kier molecular flexibility index (Phi) is 3.27. The number of fused-ring (bicyclic) bond motifs is 1. The number of aryl methyl sites for hydroxylation is 2. The lowest BCUT2D eigenvalue weighted by Crippen LogP contribution is -1.82. The summed E-state index contributed by atoms with van der Waals surface area (Å²) in [5.41, 5.74) is 6.92. The van der Waals surface area contributed by atoms with Gasteiger partial charge in [0, 0.05) is 16.5 Å². The van der Waals surface area contributed by atoms with Crippen molar-refractivity contribution in [1.82, 2.24) is 0 Å². The van der Waals surface area contributed by atoms with Crippen LogP contribution < -0.4 is 0 Å². The summed E-state index contributed by atoms with van der Waals surface area (Å²) in [5.74, 6) is 0.940. The molecule has 0 amide bonds. The van der Waals surface area contributed by atoms with Gasteiger partial charge < -0.3 is 4.42 Å². The van der Waals surface area contributed by atoms with Gasteiger partial charge in [-0.25, -0.2) is 0 Å². The summed E-state index contributed by atoms with van der Waals surface area (Å²) >= 11 is 0. The van der Waals surface area contributed by atoms with Gasteiger partial charge in [0.05, 0.1) is 0 Å². The Labute approximate surface area is 136 Å². The standard InChI is InChI=1S/C22H18O/c1-15-8-11-17(12-9-15)21-19-14-16(2)10-13-20(19)23-22(21)18-6-4-3-5-7-18/h3-14H,1-2H3. The fourth-order valence-corrected chi connectivity index (χ4v) is 3.01. The average Bonchev–Trinajstić information content (AvgIpc) is 2.95. The van der Waals surface area contributed by atoms with Gasteiger partial charge >= 0.3 is 0 Å². The Hall–Kier alpha value is -2.80. The Bertz CT molecular complexity index is 960. The Morgan fingerprint density at radius 1 is 0.652 bits per heavy atom. The van der Waals surface area contributed by atoms with Gasteiger partial charge in [-0.3, -0.25) is 0 Å². The molecule has 0 saturated carbocycles. The predicted octanol–water partition coefficient (Wildman–Crippen LogP) is 6.38. The van der Waals surface area contributed by atoms with Crippen LogP contribution in [0.1, 0.15) is 11.1 Å². The molecule has 3 aromatic carbocycles. The Morgan fingerprint density at radius 3 is 2.09 bits per heavy atom. The van der Waals surface area contributed by atoms with Crippen LogP contribution in [0.15, 0.2) is 77.2 Å². The van der Waals surface area contributed by atoms with Gasteiger partial charge in [-0.05, 0) is 31.5 Å². The molecule has 0 fully saturated rings. The molecule has 0 saturated heterocycles. The largest absolute Gasteiger partial charge is 0.455 e. The van der Waals surface area contributed by atoms with Crippen molar-refractivity contribution in [2.75, 3.05) is 0 Å². The van der Waals surface area contributed by atoms with Gasteiger partial charge in [-0.15, -0.1) is 0 Å².